The number of pyridine rings is 1. The fourth-order valence-electron chi connectivity index (χ4n) is 4.70. The summed E-state index contributed by atoms with van der Waals surface area (Å²) in [7, 11) is 0. The van der Waals surface area contributed by atoms with E-state index in [0.29, 0.717) is 35.7 Å². The number of carbonyl (C=O) groups excluding carboxylic acids is 1. The molecule has 1 heterocycles. The average Bonchev–Trinajstić information content (AvgIpc) is 2.92. The number of carbonyl (C=O) groups is 1. The van der Waals surface area contributed by atoms with Gasteiger partial charge in [0.25, 0.3) is 5.91 Å². The lowest BCUT2D eigenvalue weighted by atomic mass is 9.79. The molecule has 160 valence electrons. The number of benzene rings is 1. The molecule has 3 N–H and O–H groups in total. The molecule has 1 amide bonds. The monoisotopic (exact) mass is 419 g/mol. The van der Waals surface area contributed by atoms with E-state index in [-0.39, 0.29) is 11.8 Å². The molecule has 1 aromatic heterocycles. The second-order valence-electron chi connectivity index (χ2n) is 8.24. The van der Waals surface area contributed by atoms with Crippen molar-refractivity contribution in [2.75, 3.05) is 17.2 Å². The van der Waals surface area contributed by atoms with Gasteiger partial charge in [0.2, 0.25) is 0 Å². The van der Waals surface area contributed by atoms with Gasteiger partial charge in [-0.2, -0.15) is 13.2 Å². The summed E-state index contributed by atoms with van der Waals surface area (Å²) in [6.45, 7) is 0.664. The molecule has 1 aromatic carbocycles. The zero-order valence-electron chi connectivity index (χ0n) is 16.3. The number of fused-ring (bicyclic) bond motifs is 2. The summed E-state index contributed by atoms with van der Waals surface area (Å²) in [4.78, 5) is 16.9. The Morgan fingerprint density at radius 3 is 2.40 bits per heavy atom. The number of aromatic nitrogens is 1. The van der Waals surface area contributed by atoms with Crippen LogP contribution >= 0.6 is 0 Å². The van der Waals surface area contributed by atoms with E-state index in [9.17, 15) is 23.1 Å². The largest absolute Gasteiger partial charge is 0.416 e. The first-order chi connectivity index (χ1) is 14.3. The van der Waals surface area contributed by atoms with E-state index in [1.807, 2.05) is 0 Å². The van der Waals surface area contributed by atoms with Crippen LogP contribution in [0, 0.1) is 17.8 Å². The SMILES string of the molecule is O=C(Nc1ccc(C(F)(F)F)cc1)c1cccnc1NCC1CC2CCC(C1)C2O. The molecule has 5 nitrogen and oxygen atoms in total. The lowest BCUT2D eigenvalue weighted by Crippen LogP contribution is -2.33. The minimum Gasteiger partial charge on any atom is -0.393 e. The number of rotatable bonds is 5. The van der Waals surface area contributed by atoms with E-state index in [1.54, 1.807) is 18.3 Å². The van der Waals surface area contributed by atoms with Crippen molar-refractivity contribution >= 4 is 17.4 Å². The first kappa shape index (κ1) is 20.7. The zero-order valence-corrected chi connectivity index (χ0v) is 16.3. The number of nitrogens with zero attached hydrogens (tertiary/aromatic N) is 1. The van der Waals surface area contributed by atoms with Gasteiger partial charge in [-0.05, 0) is 79.8 Å². The minimum absolute atomic E-state index is 0.179. The molecule has 0 spiro atoms. The summed E-state index contributed by atoms with van der Waals surface area (Å²) >= 11 is 0. The highest BCUT2D eigenvalue weighted by molar-refractivity contribution is 6.07. The van der Waals surface area contributed by atoms with Crippen LogP contribution in [0.2, 0.25) is 0 Å². The van der Waals surface area contributed by atoms with Crippen LogP contribution in [0.4, 0.5) is 24.7 Å². The van der Waals surface area contributed by atoms with Crippen LogP contribution in [-0.4, -0.2) is 28.6 Å². The topological polar surface area (TPSA) is 74.2 Å². The molecule has 2 aliphatic rings. The number of amides is 1. The van der Waals surface area contributed by atoms with E-state index in [2.05, 4.69) is 15.6 Å². The second-order valence-corrected chi connectivity index (χ2v) is 8.24. The molecule has 2 unspecified atom stereocenters. The molecular weight excluding hydrogens is 395 g/mol. The van der Waals surface area contributed by atoms with Crippen LogP contribution in [0.15, 0.2) is 42.6 Å². The third kappa shape index (κ3) is 4.43. The van der Waals surface area contributed by atoms with Crippen molar-refractivity contribution in [1.82, 2.24) is 4.98 Å². The molecule has 2 aliphatic carbocycles. The van der Waals surface area contributed by atoms with E-state index in [1.165, 1.54) is 12.1 Å². The van der Waals surface area contributed by atoms with E-state index in [0.717, 1.165) is 37.8 Å². The van der Waals surface area contributed by atoms with Crippen molar-refractivity contribution in [3.05, 3.63) is 53.7 Å². The smallest absolute Gasteiger partial charge is 0.393 e. The Labute approximate surface area is 172 Å². The Bertz CT molecular complexity index is 887. The van der Waals surface area contributed by atoms with E-state index in [4.69, 9.17) is 0 Å². The fraction of sp³-hybridized carbons (Fsp3) is 0.455. The molecule has 2 fully saturated rings. The summed E-state index contributed by atoms with van der Waals surface area (Å²) in [6, 6.07) is 7.60. The lowest BCUT2D eigenvalue weighted by molar-refractivity contribution is -0.137. The van der Waals surface area contributed by atoms with Crippen LogP contribution < -0.4 is 10.6 Å². The zero-order chi connectivity index (χ0) is 21.3. The van der Waals surface area contributed by atoms with Crippen LogP contribution in [-0.2, 0) is 6.18 Å². The normalized spacial score (nSPS) is 25.7. The van der Waals surface area contributed by atoms with Crippen LogP contribution in [0.5, 0.6) is 0 Å². The number of nitrogens with one attached hydrogen (secondary N) is 2. The predicted molar refractivity (Wildman–Crippen MR) is 107 cm³/mol. The van der Waals surface area contributed by atoms with Gasteiger partial charge in [0.05, 0.1) is 17.2 Å². The van der Waals surface area contributed by atoms with Crippen molar-refractivity contribution in [1.29, 1.82) is 0 Å². The van der Waals surface area contributed by atoms with Crippen molar-refractivity contribution in [2.24, 2.45) is 17.8 Å². The number of alkyl halides is 3. The number of aliphatic hydroxyl groups is 1. The Morgan fingerprint density at radius 1 is 1.10 bits per heavy atom. The van der Waals surface area contributed by atoms with Gasteiger partial charge in [-0.1, -0.05) is 0 Å². The Hall–Kier alpha value is -2.61. The summed E-state index contributed by atoms with van der Waals surface area (Å²) in [5.74, 6) is 1.15. The Balaban J connectivity index is 1.39. The summed E-state index contributed by atoms with van der Waals surface area (Å²) < 4.78 is 38.1. The maximum atomic E-state index is 12.7. The first-order valence-corrected chi connectivity index (χ1v) is 10.2. The highest BCUT2D eigenvalue weighted by Crippen LogP contribution is 2.44. The molecule has 0 aliphatic heterocycles. The molecule has 0 radical (unpaired) electrons. The molecule has 4 rings (SSSR count). The number of hydrogen-bond donors (Lipinski definition) is 3. The van der Waals surface area contributed by atoms with Gasteiger partial charge >= 0.3 is 6.18 Å². The molecule has 30 heavy (non-hydrogen) atoms. The first-order valence-electron chi connectivity index (χ1n) is 10.2. The van der Waals surface area contributed by atoms with Gasteiger partial charge in [-0.3, -0.25) is 4.79 Å². The minimum atomic E-state index is -4.42. The van der Waals surface area contributed by atoms with Crippen molar-refractivity contribution < 1.29 is 23.1 Å². The molecule has 2 aromatic rings. The number of aliphatic hydroxyl groups excluding tert-OH is 1. The van der Waals surface area contributed by atoms with Crippen LogP contribution in [0.3, 0.4) is 0 Å². The summed E-state index contributed by atoms with van der Waals surface area (Å²) in [6.07, 6.45) is 1.07. The van der Waals surface area contributed by atoms with Gasteiger partial charge in [0.15, 0.2) is 0 Å². The average molecular weight is 419 g/mol. The maximum Gasteiger partial charge on any atom is 0.416 e. The van der Waals surface area contributed by atoms with Gasteiger partial charge in [-0.15, -0.1) is 0 Å². The third-order valence-electron chi connectivity index (χ3n) is 6.23. The number of anilines is 2. The van der Waals surface area contributed by atoms with Gasteiger partial charge in [-0.25, -0.2) is 4.98 Å². The maximum absolute atomic E-state index is 12.7. The third-order valence-corrected chi connectivity index (χ3v) is 6.23. The summed E-state index contributed by atoms with van der Waals surface area (Å²) in [5, 5.41) is 16.1. The van der Waals surface area contributed by atoms with Gasteiger partial charge in [0, 0.05) is 18.4 Å². The molecule has 2 saturated carbocycles. The van der Waals surface area contributed by atoms with Crippen molar-refractivity contribution in [3.63, 3.8) is 0 Å². The Kier molecular flexibility index (Phi) is 5.69. The van der Waals surface area contributed by atoms with E-state index < -0.39 is 17.6 Å². The standard InChI is InChI=1S/C22H24F3N3O2/c23-22(24,25)16-5-7-17(8-6-16)28-21(30)18-2-1-9-26-20(18)27-12-13-10-14-3-4-15(11-13)19(14)29/h1-2,5-9,13-15,19,29H,3-4,10-12H2,(H,26,27)(H,28,30). The van der Waals surface area contributed by atoms with E-state index >= 15 is 0 Å². The number of hydrogen-bond acceptors (Lipinski definition) is 4. The molecule has 8 heteroatoms. The van der Waals surface area contributed by atoms with Gasteiger partial charge in [0.1, 0.15) is 5.82 Å². The molecular formula is C22H24F3N3O2. The highest BCUT2D eigenvalue weighted by atomic mass is 19.4. The molecule has 2 atom stereocenters. The van der Waals surface area contributed by atoms with Crippen LogP contribution in [0.25, 0.3) is 0 Å². The lowest BCUT2D eigenvalue weighted by Gasteiger charge is -2.32. The predicted octanol–water partition coefficient (Wildman–Crippen LogP) is 4.56. The second kappa shape index (κ2) is 8.26. The molecule has 0 saturated heterocycles. The van der Waals surface area contributed by atoms with Crippen LogP contribution in [0.1, 0.15) is 41.6 Å². The summed E-state index contributed by atoms with van der Waals surface area (Å²) in [5.41, 5.74) is -0.160. The van der Waals surface area contributed by atoms with Gasteiger partial charge < -0.3 is 15.7 Å². The fourth-order valence-corrected chi connectivity index (χ4v) is 4.70. The van der Waals surface area contributed by atoms with Crippen molar-refractivity contribution in [3.8, 4) is 0 Å². The van der Waals surface area contributed by atoms with Crippen molar-refractivity contribution in [2.45, 2.75) is 38.0 Å². The highest BCUT2D eigenvalue weighted by Gasteiger charge is 2.41. The Morgan fingerprint density at radius 2 is 1.77 bits per heavy atom. The molecule has 2 bridgehead atoms. The number of halogens is 3. The quantitative estimate of drug-likeness (QED) is 0.664.